The summed E-state index contributed by atoms with van der Waals surface area (Å²) in [7, 11) is 0. The van der Waals surface area contributed by atoms with Gasteiger partial charge in [0, 0.05) is 6.08 Å². The number of aromatic nitrogens is 3. The van der Waals surface area contributed by atoms with E-state index in [1.807, 2.05) is 30.3 Å². The van der Waals surface area contributed by atoms with Crippen molar-refractivity contribution in [3.8, 4) is 11.5 Å². The molecule has 0 unspecified atom stereocenters. The highest BCUT2D eigenvalue weighted by atomic mass is 35.5. The fraction of sp³-hybridized carbons (Fsp3) is 0.190. The number of fused-ring (bicyclic) bond motifs is 1. The van der Waals surface area contributed by atoms with E-state index in [1.165, 1.54) is 6.08 Å². The standard InChI is InChI=1S/C21H18ClN3O4/c22-18-10-16(11-19-21(18)28-9-8-27-19)14-29-20(26)7-6-17-13-25(24-23-17)12-15-4-2-1-3-5-15/h1-7,10-11,13H,8-9,12,14H2/b7-6+. The Labute approximate surface area is 172 Å². The molecule has 148 valence electrons. The predicted molar refractivity (Wildman–Crippen MR) is 107 cm³/mol. The molecule has 29 heavy (non-hydrogen) atoms. The number of halogens is 1. The van der Waals surface area contributed by atoms with Gasteiger partial charge in [-0.15, -0.1) is 5.10 Å². The monoisotopic (exact) mass is 411 g/mol. The maximum Gasteiger partial charge on any atom is 0.331 e. The van der Waals surface area contributed by atoms with Crippen molar-refractivity contribution in [3.63, 3.8) is 0 Å². The topological polar surface area (TPSA) is 75.5 Å². The molecule has 0 fully saturated rings. The van der Waals surface area contributed by atoms with Gasteiger partial charge in [0.1, 0.15) is 25.5 Å². The van der Waals surface area contributed by atoms with Crippen LogP contribution in [0.4, 0.5) is 0 Å². The van der Waals surface area contributed by atoms with Crippen LogP contribution in [0.15, 0.2) is 54.7 Å². The first-order valence-corrected chi connectivity index (χ1v) is 9.42. The number of nitrogens with zero attached hydrogens (tertiary/aromatic N) is 3. The van der Waals surface area contributed by atoms with Gasteiger partial charge in [-0.3, -0.25) is 0 Å². The van der Waals surface area contributed by atoms with Gasteiger partial charge < -0.3 is 14.2 Å². The van der Waals surface area contributed by atoms with E-state index in [0.717, 1.165) is 11.1 Å². The van der Waals surface area contributed by atoms with Crippen LogP contribution in [0.1, 0.15) is 16.8 Å². The Hall–Kier alpha value is -3.32. The summed E-state index contributed by atoms with van der Waals surface area (Å²) in [5.74, 6) is 0.584. The van der Waals surface area contributed by atoms with Crippen LogP contribution in [-0.2, 0) is 22.7 Å². The van der Waals surface area contributed by atoms with Crippen molar-refractivity contribution < 1.29 is 19.0 Å². The van der Waals surface area contributed by atoms with Crippen molar-refractivity contribution in [1.29, 1.82) is 0 Å². The summed E-state index contributed by atoms with van der Waals surface area (Å²) < 4.78 is 18.0. The first-order chi connectivity index (χ1) is 14.2. The minimum atomic E-state index is -0.492. The number of rotatable bonds is 6. The summed E-state index contributed by atoms with van der Waals surface area (Å²) in [5.41, 5.74) is 2.40. The van der Waals surface area contributed by atoms with Gasteiger partial charge in [0.2, 0.25) is 0 Å². The van der Waals surface area contributed by atoms with Crippen LogP contribution >= 0.6 is 11.6 Å². The summed E-state index contributed by atoms with van der Waals surface area (Å²) >= 11 is 6.19. The van der Waals surface area contributed by atoms with E-state index in [0.29, 0.717) is 42.0 Å². The number of carbonyl (C=O) groups excluding carboxylic acids is 1. The molecule has 0 N–H and O–H groups in total. The lowest BCUT2D eigenvalue weighted by molar-refractivity contribution is -0.138. The van der Waals surface area contributed by atoms with Gasteiger partial charge in [-0.2, -0.15) is 0 Å². The lowest BCUT2D eigenvalue weighted by Crippen LogP contribution is -2.16. The molecule has 0 amide bonds. The highest BCUT2D eigenvalue weighted by Gasteiger charge is 2.17. The largest absolute Gasteiger partial charge is 0.486 e. The van der Waals surface area contributed by atoms with Gasteiger partial charge in [-0.05, 0) is 29.3 Å². The number of esters is 1. The minimum absolute atomic E-state index is 0.0697. The molecule has 0 radical (unpaired) electrons. The van der Waals surface area contributed by atoms with Gasteiger partial charge in [0.05, 0.1) is 17.8 Å². The molecule has 0 atom stereocenters. The maximum atomic E-state index is 12.0. The van der Waals surface area contributed by atoms with Crippen molar-refractivity contribution in [2.45, 2.75) is 13.2 Å². The zero-order valence-electron chi connectivity index (χ0n) is 15.5. The fourth-order valence-corrected chi connectivity index (χ4v) is 3.13. The second kappa shape index (κ2) is 8.79. The van der Waals surface area contributed by atoms with E-state index >= 15 is 0 Å². The van der Waals surface area contributed by atoms with E-state index in [-0.39, 0.29) is 6.61 Å². The van der Waals surface area contributed by atoms with Gasteiger partial charge in [-0.25, -0.2) is 9.48 Å². The van der Waals surface area contributed by atoms with Crippen molar-refractivity contribution >= 4 is 23.6 Å². The quantitative estimate of drug-likeness (QED) is 0.456. The van der Waals surface area contributed by atoms with Crippen molar-refractivity contribution in [3.05, 3.63) is 76.6 Å². The molecule has 3 aromatic rings. The second-order valence-corrected chi connectivity index (χ2v) is 6.78. The molecule has 0 aliphatic carbocycles. The molecule has 8 heteroatoms. The Kier molecular flexibility index (Phi) is 5.76. The van der Waals surface area contributed by atoms with Gasteiger partial charge in [0.15, 0.2) is 11.5 Å². The second-order valence-electron chi connectivity index (χ2n) is 6.37. The summed E-state index contributed by atoms with van der Waals surface area (Å²) in [5, 5.41) is 8.52. The van der Waals surface area contributed by atoms with Crippen LogP contribution < -0.4 is 9.47 Å². The van der Waals surface area contributed by atoms with Crippen LogP contribution in [0.3, 0.4) is 0 Å². The normalized spacial score (nSPS) is 12.9. The Morgan fingerprint density at radius 3 is 2.86 bits per heavy atom. The van der Waals surface area contributed by atoms with Crippen molar-refractivity contribution in [2.24, 2.45) is 0 Å². The maximum absolute atomic E-state index is 12.0. The lowest BCUT2D eigenvalue weighted by Gasteiger charge is -2.20. The van der Waals surface area contributed by atoms with E-state index in [1.54, 1.807) is 29.1 Å². The van der Waals surface area contributed by atoms with Gasteiger partial charge in [0.25, 0.3) is 0 Å². The van der Waals surface area contributed by atoms with E-state index in [4.69, 9.17) is 25.8 Å². The molecule has 0 saturated carbocycles. The molecular formula is C21H18ClN3O4. The zero-order chi connectivity index (χ0) is 20.1. The molecule has 0 spiro atoms. The first-order valence-electron chi connectivity index (χ1n) is 9.04. The molecular weight excluding hydrogens is 394 g/mol. The third-order valence-corrected chi connectivity index (χ3v) is 4.45. The summed E-state index contributed by atoms with van der Waals surface area (Å²) in [6.45, 7) is 1.60. The molecule has 2 heterocycles. The highest BCUT2D eigenvalue weighted by molar-refractivity contribution is 6.32. The van der Waals surface area contributed by atoms with Crippen LogP contribution in [-0.4, -0.2) is 34.2 Å². The third-order valence-electron chi connectivity index (χ3n) is 4.17. The van der Waals surface area contributed by atoms with Crippen LogP contribution in [0.25, 0.3) is 6.08 Å². The smallest absolute Gasteiger partial charge is 0.331 e. The molecule has 0 saturated heterocycles. The molecule has 0 bridgehead atoms. The molecule has 1 aliphatic heterocycles. The number of benzene rings is 2. The Morgan fingerprint density at radius 1 is 1.17 bits per heavy atom. The van der Waals surface area contributed by atoms with Gasteiger partial charge >= 0.3 is 5.97 Å². The summed E-state index contributed by atoms with van der Waals surface area (Å²) in [6, 6.07) is 13.4. The third kappa shape index (κ3) is 4.94. The van der Waals surface area contributed by atoms with Crippen LogP contribution in [0.5, 0.6) is 11.5 Å². The molecule has 4 rings (SSSR count). The highest BCUT2D eigenvalue weighted by Crippen LogP contribution is 2.38. The molecule has 2 aromatic carbocycles. The van der Waals surface area contributed by atoms with Crippen LogP contribution in [0.2, 0.25) is 5.02 Å². The Bertz CT molecular complexity index is 1030. The zero-order valence-corrected chi connectivity index (χ0v) is 16.2. The average Bonchev–Trinajstić information content (AvgIpc) is 3.19. The number of hydrogen-bond acceptors (Lipinski definition) is 6. The SMILES string of the molecule is O=C(/C=C/c1cn(Cc2ccccc2)nn1)OCc1cc(Cl)c2c(c1)OCCO2. The summed E-state index contributed by atoms with van der Waals surface area (Å²) in [6.07, 6.45) is 4.64. The predicted octanol–water partition coefficient (Wildman–Crippen LogP) is 3.51. The lowest BCUT2D eigenvalue weighted by atomic mass is 10.2. The average molecular weight is 412 g/mol. The van der Waals surface area contributed by atoms with E-state index in [2.05, 4.69) is 10.3 Å². The molecule has 1 aliphatic rings. The minimum Gasteiger partial charge on any atom is -0.486 e. The van der Waals surface area contributed by atoms with Gasteiger partial charge in [-0.1, -0.05) is 47.1 Å². The first kappa shape index (κ1) is 19.0. The number of ether oxygens (including phenoxy) is 3. The fourth-order valence-electron chi connectivity index (χ4n) is 2.84. The Balaban J connectivity index is 1.32. The van der Waals surface area contributed by atoms with Crippen LogP contribution in [0, 0.1) is 0 Å². The van der Waals surface area contributed by atoms with Crippen molar-refractivity contribution in [2.75, 3.05) is 13.2 Å². The summed E-state index contributed by atoms with van der Waals surface area (Å²) in [4.78, 5) is 12.0. The molecule has 7 nitrogen and oxygen atoms in total. The van der Waals surface area contributed by atoms with E-state index < -0.39 is 5.97 Å². The molecule has 1 aromatic heterocycles. The Morgan fingerprint density at radius 2 is 2.00 bits per heavy atom. The number of hydrogen-bond donors (Lipinski definition) is 0. The van der Waals surface area contributed by atoms with Crippen molar-refractivity contribution in [1.82, 2.24) is 15.0 Å². The number of carbonyl (C=O) groups is 1. The van der Waals surface area contributed by atoms with E-state index in [9.17, 15) is 4.79 Å².